The molecule has 1 N–H and O–H groups in total. The van der Waals surface area contributed by atoms with Crippen LogP contribution >= 0.6 is 11.5 Å². The lowest BCUT2D eigenvalue weighted by Crippen LogP contribution is -2.39. The van der Waals surface area contributed by atoms with E-state index < -0.39 is 6.04 Å². The van der Waals surface area contributed by atoms with E-state index in [1.165, 1.54) is 16.4 Å². The second kappa shape index (κ2) is 5.01. The summed E-state index contributed by atoms with van der Waals surface area (Å²) in [4.78, 5) is 29.3. The molecule has 2 amide bonds. The summed E-state index contributed by atoms with van der Waals surface area (Å²) in [7, 11) is 0. The first-order valence-electron chi connectivity index (χ1n) is 5.98. The lowest BCUT2D eigenvalue weighted by molar-refractivity contribution is -0.140. The maximum Gasteiger partial charge on any atom is 0.252 e. The highest BCUT2D eigenvalue weighted by Gasteiger charge is 2.40. The molecule has 2 rings (SSSR count). The molecule has 2 heterocycles. The van der Waals surface area contributed by atoms with Crippen LogP contribution in [0.3, 0.4) is 0 Å². The van der Waals surface area contributed by atoms with Gasteiger partial charge in [-0.05, 0) is 13.8 Å². The van der Waals surface area contributed by atoms with Crippen LogP contribution in [0, 0.1) is 0 Å². The molecule has 0 saturated carbocycles. The van der Waals surface area contributed by atoms with Gasteiger partial charge in [0.05, 0.1) is 6.42 Å². The second-order valence-electron chi connectivity index (χ2n) is 4.47. The highest BCUT2D eigenvalue weighted by atomic mass is 32.1. The number of amides is 2. The molecule has 1 aliphatic heterocycles. The number of carbonyl (C=O) groups is 2. The zero-order chi connectivity index (χ0) is 13.3. The van der Waals surface area contributed by atoms with Gasteiger partial charge in [0.15, 0.2) is 0 Å². The minimum atomic E-state index is -0.502. The predicted molar refractivity (Wildman–Crippen MR) is 68.3 cm³/mol. The van der Waals surface area contributed by atoms with E-state index in [1.54, 1.807) is 0 Å². The molecule has 0 aliphatic carbocycles. The Balaban J connectivity index is 2.07. The van der Waals surface area contributed by atoms with Gasteiger partial charge in [0.25, 0.3) is 5.91 Å². The van der Waals surface area contributed by atoms with Gasteiger partial charge in [0.1, 0.15) is 11.9 Å². The van der Waals surface area contributed by atoms with Gasteiger partial charge >= 0.3 is 0 Å². The van der Waals surface area contributed by atoms with Gasteiger partial charge < -0.3 is 5.32 Å². The van der Waals surface area contributed by atoms with Gasteiger partial charge in [-0.2, -0.15) is 4.37 Å². The van der Waals surface area contributed by atoms with Crippen LogP contribution in [-0.4, -0.2) is 38.2 Å². The van der Waals surface area contributed by atoms with Crippen LogP contribution in [0.25, 0.3) is 0 Å². The van der Waals surface area contributed by atoms with Crippen LogP contribution < -0.4 is 5.32 Å². The van der Waals surface area contributed by atoms with E-state index in [0.29, 0.717) is 5.13 Å². The predicted octanol–water partition coefficient (Wildman–Crippen LogP) is 1.05. The van der Waals surface area contributed by atoms with E-state index in [9.17, 15) is 9.59 Å². The summed E-state index contributed by atoms with van der Waals surface area (Å²) < 4.78 is 4.13. The van der Waals surface area contributed by atoms with Gasteiger partial charge in [0, 0.05) is 24.0 Å². The van der Waals surface area contributed by atoms with Gasteiger partial charge in [-0.3, -0.25) is 14.5 Å². The summed E-state index contributed by atoms with van der Waals surface area (Å²) in [5, 5.41) is 3.59. The molecular formula is C11H16N4O2S. The molecule has 1 aliphatic rings. The Morgan fingerprint density at radius 3 is 2.72 bits per heavy atom. The van der Waals surface area contributed by atoms with Crippen LogP contribution in [0.2, 0.25) is 0 Å². The number of anilines is 1. The van der Waals surface area contributed by atoms with Crippen molar-refractivity contribution in [2.45, 2.75) is 45.7 Å². The van der Waals surface area contributed by atoms with Crippen molar-refractivity contribution in [3.05, 3.63) is 5.82 Å². The van der Waals surface area contributed by atoms with Crippen molar-refractivity contribution in [2.24, 2.45) is 0 Å². The van der Waals surface area contributed by atoms with Crippen LogP contribution in [0.4, 0.5) is 5.13 Å². The molecule has 0 radical (unpaired) electrons. The van der Waals surface area contributed by atoms with Gasteiger partial charge in [-0.15, -0.1) is 0 Å². The molecular weight excluding hydrogens is 252 g/mol. The second-order valence-corrected chi connectivity index (χ2v) is 5.22. The fourth-order valence-corrected chi connectivity index (χ4v) is 2.61. The Bertz CT molecular complexity index is 471. The molecule has 1 atom stereocenters. The summed E-state index contributed by atoms with van der Waals surface area (Å²) in [5.74, 6) is 0.441. The van der Waals surface area contributed by atoms with Crippen molar-refractivity contribution in [3.63, 3.8) is 0 Å². The Kier molecular flexibility index (Phi) is 3.60. The number of aromatic nitrogens is 2. The Hall–Kier alpha value is -1.50. The molecule has 0 aromatic carbocycles. The molecule has 7 heteroatoms. The third kappa shape index (κ3) is 2.35. The topological polar surface area (TPSA) is 75.2 Å². The third-order valence-corrected chi connectivity index (χ3v) is 3.47. The van der Waals surface area contributed by atoms with Gasteiger partial charge in [-0.25, -0.2) is 4.98 Å². The first-order chi connectivity index (χ1) is 8.52. The molecule has 1 aromatic heterocycles. The van der Waals surface area contributed by atoms with E-state index in [1.807, 2.05) is 20.8 Å². The highest BCUT2D eigenvalue weighted by Crippen LogP contribution is 2.21. The normalized spacial score (nSPS) is 20.0. The maximum absolute atomic E-state index is 12.0. The average Bonchev–Trinajstić information content (AvgIpc) is 2.85. The van der Waals surface area contributed by atoms with Gasteiger partial charge in [0.2, 0.25) is 11.0 Å². The fraction of sp³-hybridized carbons (Fsp3) is 0.636. The minimum Gasteiger partial charge on any atom is -0.348 e. The maximum atomic E-state index is 12.0. The number of hydrogen-bond acceptors (Lipinski definition) is 6. The molecule has 1 unspecified atom stereocenters. The number of hydrogen-bond donors (Lipinski definition) is 1. The smallest absolute Gasteiger partial charge is 0.252 e. The number of nitrogens with zero attached hydrogens (tertiary/aromatic N) is 3. The molecule has 0 spiro atoms. The Morgan fingerprint density at radius 2 is 2.22 bits per heavy atom. The standard InChI is InChI=1S/C11H16N4O2S/c1-4-8-13-11(18-14-8)12-7-5-9(16)15(6(2)3)10(7)17/h6-7H,4-5H2,1-3H3,(H,12,13,14). The number of imide groups is 1. The molecule has 18 heavy (non-hydrogen) atoms. The first-order valence-corrected chi connectivity index (χ1v) is 6.75. The van der Waals surface area contributed by atoms with Crippen molar-refractivity contribution in [1.29, 1.82) is 0 Å². The van der Waals surface area contributed by atoms with Crippen molar-refractivity contribution >= 4 is 28.5 Å². The molecule has 98 valence electrons. The summed E-state index contributed by atoms with van der Waals surface area (Å²) >= 11 is 1.22. The van der Waals surface area contributed by atoms with E-state index >= 15 is 0 Å². The summed E-state index contributed by atoms with van der Waals surface area (Å²) in [5.41, 5.74) is 0. The summed E-state index contributed by atoms with van der Waals surface area (Å²) in [6, 6.07) is -0.602. The van der Waals surface area contributed by atoms with E-state index in [4.69, 9.17) is 0 Å². The first kappa shape index (κ1) is 12.9. The lowest BCUT2D eigenvalue weighted by Gasteiger charge is -2.18. The van der Waals surface area contributed by atoms with Crippen LogP contribution in [0.1, 0.15) is 33.0 Å². The number of rotatable bonds is 4. The van der Waals surface area contributed by atoms with Gasteiger partial charge in [-0.1, -0.05) is 6.92 Å². The number of likely N-dealkylation sites (tertiary alicyclic amines) is 1. The quantitative estimate of drug-likeness (QED) is 0.826. The molecule has 1 aromatic rings. The zero-order valence-corrected chi connectivity index (χ0v) is 11.5. The van der Waals surface area contributed by atoms with E-state index in [0.717, 1.165) is 12.2 Å². The lowest BCUT2D eigenvalue weighted by atomic mass is 10.2. The minimum absolute atomic E-state index is 0.0996. The van der Waals surface area contributed by atoms with E-state index in [2.05, 4.69) is 14.7 Å². The monoisotopic (exact) mass is 268 g/mol. The van der Waals surface area contributed by atoms with Crippen molar-refractivity contribution in [3.8, 4) is 0 Å². The Morgan fingerprint density at radius 1 is 1.50 bits per heavy atom. The fourth-order valence-electron chi connectivity index (χ4n) is 1.91. The van der Waals surface area contributed by atoms with Crippen LogP contribution in [0.5, 0.6) is 0 Å². The summed E-state index contributed by atoms with van der Waals surface area (Å²) in [6.07, 6.45) is 0.950. The zero-order valence-electron chi connectivity index (χ0n) is 10.6. The highest BCUT2D eigenvalue weighted by molar-refractivity contribution is 7.09. The molecule has 6 nitrogen and oxygen atoms in total. The Labute approximate surface area is 110 Å². The molecule has 0 bridgehead atoms. The number of carbonyl (C=O) groups excluding carboxylic acids is 2. The number of aryl methyl sites for hydroxylation is 1. The van der Waals surface area contributed by atoms with Crippen molar-refractivity contribution < 1.29 is 9.59 Å². The van der Waals surface area contributed by atoms with Crippen molar-refractivity contribution in [2.75, 3.05) is 5.32 Å². The average molecular weight is 268 g/mol. The van der Waals surface area contributed by atoms with Crippen LogP contribution in [0.15, 0.2) is 0 Å². The van der Waals surface area contributed by atoms with E-state index in [-0.39, 0.29) is 24.3 Å². The van der Waals surface area contributed by atoms with Crippen molar-refractivity contribution in [1.82, 2.24) is 14.3 Å². The molecule has 1 fully saturated rings. The largest absolute Gasteiger partial charge is 0.348 e. The molecule has 1 saturated heterocycles. The summed E-state index contributed by atoms with van der Waals surface area (Å²) in [6.45, 7) is 5.63. The third-order valence-electron chi connectivity index (χ3n) is 2.78. The number of nitrogens with one attached hydrogen (secondary N) is 1. The SMILES string of the molecule is CCc1nsc(NC2CC(=O)N(C(C)C)C2=O)n1. The van der Waals surface area contributed by atoms with Crippen LogP contribution in [-0.2, 0) is 16.0 Å².